The second-order valence-electron chi connectivity index (χ2n) is 3.33. The molecule has 0 saturated carbocycles. The molecule has 0 aliphatic heterocycles. The molecule has 0 fully saturated rings. The van der Waals surface area contributed by atoms with E-state index in [4.69, 9.17) is 5.11 Å². The van der Waals surface area contributed by atoms with Crippen molar-refractivity contribution in [1.29, 1.82) is 0 Å². The van der Waals surface area contributed by atoms with Crippen molar-refractivity contribution in [3.05, 3.63) is 34.1 Å². The first-order chi connectivity index (χ1) is 7.46. The van der Waals surface area contributed by atoms with Crippen LogP contribution in [0.5, 0.6) is 0 Å². The first-order valence-electron chi connectivity index (χ1n) is 4.58. The quantitative estimate of drug-likeness (QED) is 0.874. The minimum atomic E-state index is -3.15. The number of benzene rings is 1. The average molecular weight is 298 g/mol. The zero-order valence-electron chi connectivity index (χ0n) is 8.31. The predicted molar refractivity (Wildman–Crippen MR) is 57.8 cm³/mol. The summed E-state index contributed by atoms with van der Waals surface area (Å²) >= 11 is 3.03. The van der Waals surface area contributed by atoms with Gasteiger partial charge in [-0.1, -0.05) is 12.1 Å². The minimum Gasteiger partial charge on any atom is -0.390 e. The van der Waals surface area contributed by atoms with Gasteiger partial charge in [-0.25, -0.2) is 13.2 Å². The van der Waals surface area contributed by atoms with E-state index in [0.29, 0.717) is 5.56 Å². The first kappa shape index (κ1) is 13.5. The summed E-state index contributed by atoms with van der Waals surface area (Å²) in [5.41, 5.74) is 0.550. The van der Waals surface area contributed by atoms with Gasteiger partial charge in [-0.3, -0.25) is 0 Å². The third kappa shape index (κ3) is 3.77. The lowest BCUT2D eigenvalue weighted by Gasteiger charge is -2.14. The van der Waals surface area contributed by atoms with E-state index in [1.165, 1.54) is 12.1 Å². The van der Waals surface area contributed by atoms with Crippen LogP contribution in [0, 0.1) is 5.82 Å². The first-order valence-corrected chi connectivity index (χ1v) is 5.38. The van der Waals surface area contributed by atoms with Crippen LogP contribution in [0.3, 0.4) is 0 Å². The molecule has 1 aromatic carbocycles. The Hall–Kier alpha value is -0.590. The standard InChI is InChI=1S/C10H11BrF3NO/c11-9-7(2-1-3-8(9)12)4-15-5-10(13,14)6-16/h1-3,15-16H,4-6H2. The Morgan fingerprint density at radius 3 is 2.69 bits per heavy atom. The number of nitrogens with one attached hydrogen (secondary N) is 1. The number of alkyl halides is 2. The van der Waals surface area contributed by atoms with Crippen molar-refractivity contribution in [3.63, 3.8) is 0 Å². The van der Waals surface area contributed by atoms with Gasteiger partial charge in [0.15, 0.2) is 0 Å². The van der Waals surface area contributed by atoms with Crippen LogP contribution in [0.2, 0.25) is 0 Å². The monoisotopic (exact) mass is 297 g/mol. The lowest BCUT2D eigenvalue weighted by atomic mass is 10.2. The SMILES string of the molecule is OCC(F)(F)CNCc1cccc(F)c1Br. The highest BCUT2D eigenvalue weighted by Crippen LogP contribution is 2.20. The van der Waals surface area contributed by atoms with E-state index in [1.807, 2.05) is 0 Å². The fourth-order valence-electron chi connectivity index (χ4n) is 1.12. The molecule has 16 heavy (non-hydrogen) atoms. The Morgan fingerprint density at radius 2 is 2.06 bits per heavy atom. The molecule has 0 bridgehead atoms. The van der Waals surface area contributed by atoms with Crippen LogP contribution >= 0.6 is 15.9 Å². The molecule has 2 N–H and O–H groups in total. The Kier molecular flexibility index (Phi) is 4.76. The van der Waals surface area contributed by atoms with E-state index in [2.05, 4.69) is 21.2 Å². The maximum atomic E-state index is 13.0. The molecule has 2 nitrogen and oxygen atoms in total. The molecular formula is C10H11BrF3NO. The van der Waals surface area contributed by atoms with Crippen molar-refractivity contribution in [2.45, 2.75) is 12.5 Å². The van der Waals surface area contributed by atoms with E-state index in [0.717, 1.165) is 0 Å². The highest BCUT2D eigenvalue weighted by molar-refractivity contribution is 9.10. The molecule has 0 saturated heterocycles. The van der Waals surface area contributed by atoms with Gasteiger partial charge in [0.2, 0.25) is 0 Å². The summed E-state index contributed by atoms with van der Waals surface area (Å²) in [6.07, 6.45) is 0. The Labute approximate surface area is 99.6 Å². The minimum absolute atomic E-state index is 0.105. The number of hydrogen-bond acceptors (Lipinski definition) is 2. The third-order valence-electron chi connectivity index (χ3n) is 1.96. The van der Waals surface area contributed by atoms with Gasteiger partial charge < -0.3 is 10.4 Å². The summed E-state index contributed by atoms with van der Waals surface area (Å²) in [4.78, 5) is 0. The summed E-state index contributed by atoms with van der Waals surface area (Å²) in [7, 11) is 0. The Morgan fingerprint density at radius 1 is 1.38 bits per heavy atom. The predicted octanol–water partition coefficient (Wildman–Crippen LogP) is 2.31. The van der Waals surface area contributed by atoms with Gasteiger partial charge >= 0.3 is 0 Å². The summed E-state index contributed by atoms with van der Waals surface area (Å²) < 4.78 is 38.6. The van der Waals surface area contributed by atoms with Gasteiger partial charge in [0.05, 0.1) is 11.0 Å². The fraction of sp³-hybridized carbons (Fsp3) is 0.400. The average Bonchev–Trinajstić information content (AvgIpc) is 2.24. The van der Waals surface area contributed by atoms with Crippen LogP contribution in [0.1, 0.15) is 5.56 Å². The van der Waals surface area contributed by atoms with Crippen molar-refractivity contribution in [3.8, 4) is 0 Å². The molecule has 6 heteroatoms. The number of rotatable bonds is 5. The second-order valence-corrected chi connectivity index (χ2v) is 4.12. The van der Waals surface area contributed by atoms with Crippen LogP contribution in [-0.2, 0) is 6.54 Å². The zero-order valence-corrected chi connectivity index (χ0v) is 9.90. The van der Waals surface area contributed by atoms with Crippen molar-refractivity contribution >= 4 is 15.9 Å². The summed E-state index contributed by atoms with van der Waals surface area (Å²) in [5, 5.41) is 10.8. The summed E-state index contributed by atoms with van der Waals surface area (Å²) in [6.45, 7) is -1.75. The van der Waals surface area contributed by atoms with E-state index >= 15 is 0 Å². The maximum absolute atomic E-state index is 13.0. The van der Waals surface area contributed by atoms with Gasteiger partial charge in [0, 0.05) is 6.54 Å². The molecular weight excluding hydrogens is 287 g/mol. The van der Waals surface area contributed by atoms with Crippen LogP contribution in [-0.4, -0.2) is 24.2 Å². The number of hydrogen-bond donors (Lipinski definition) is 2. The van der Waals surface area contributed by atoms with E-state index in [1.54, 1.807) is 6.07 Å². The van der Waals surface area contributed by atoms with Crippen molar-refractivity contribution in [2.75, 3.05) is 13.2 Å². The highest BCUT2D eigenvalue weighted by atomic mass is 79.9. The second kappa shape index (κ2) is 5.65. The molecule has 0 aromatic heterocycles. The molecule has 0 spiro atoms. The number of halogens is 4. The molecule has 1 aromatic rings. The normalized spacial score (nSPS) is 11.8. The van der Waals surface area contributed by atoms with Crippen molar-refractivity contribution < 1.29 is 18.3 Å². The zero-order chi connectivity index (χ0) is 12.2. The van der Waals surface area contributed by atoms with Gasteiger partial charge in [0.1, 0.15) is 12.4 Å². The summed E-state index contributed by atoms with van der Waals surface area (Å²) in [5.74, 6) is -3.59. The van der Waals surface area contributed by atoms with Crippen molar-refractivity contribution in [1.82, 2.24) is 5.32 Å². The smallest absolute Gasteiger partial charge is 0.282 e. The summed E-state index contributed by atoms with van der Waals surface area (Å²) in [6, 6.07) is 4.40. The molecule has 0 atom stereocenters. The van der Waals surface area contributed by atoms with Crippen molar-refractivity contribution in [2.24, 2.45) is 0 Å². The number of aliphatic hydroxyl groups is 1. The molecule has 90 valence electrons. The van der Waals surface area contributed by atoms with Crippen LogP contribution in [0.15, 0.2) is 22.7 Å². The van der Waals surface area contributed by atoms with E-state index in [-0.39, 0.29) is 11.0 Å². The molecule has 0 unspecified atom stereocenters. The molecule has 1 rings (SSSR count). The molecule has 0 aliphatic rings. The van der Waals surface area contributed by atoms with E-state index in [9.17, 15) is 13.2 Å². The lowest BCUT2D eigenvalue weighted by molar-refractivity contribution is -0.0477. The molecule has 0 amide bonds. The molecule has 0 aliphatic carbocycles. The lowest BCUT2D eigenvalue weighted by Crippen LogP contribution is -2.35. The van der Waals surface area contributed by atoms with Gasteiger partial charge in [-0.15, -0.1) is 0 Å². The Balaban J connectivity index is 2.53. The van der Waals surface area contributed by atoms with Crippen LogP contribution in [0.25, 0.3) is 0 Å². The molecule has 0 heterocycles. The van der Waals surface area contributed by atoms with Gasteiger partial charge in [-0.2, -0.15) is 0 Å². The van der Waals surface area contributed by atoms with Crippen LogP contribution in [0.4, 0.5) is 13.2 Å². The Bertz CT molecular complexity index is 360. The largest absolute Gasteiger partial charge is 0.390 e. The van der Waals surface area contributed by atoms with Crippen LogP contribution < -0.4 is 5.32 Å². The van der Waals surface area contributed by atoms with E-state index < -0.39 is 24.9 Å². The van der Waals surface area contributed by atoms with Gasteiger partial charge in [-0.05, 0) is 27.6 Å². The third-order valence-corrected chi connectivity index (χ3v) is 2.85. The fourth-order valence-corrected chi connectivity index (χ4v) is 1.53. The maximum Gasteiger partial charge on any atom is 0.282 e. The topological polar surface area (TPSA) is 32.3 Å². The highest BCUT2D eigenvalue weighted by Gasteiger charge is 2.26. The number of aliphatic hydroxyl groups excluding tert-OH is 1. The van der Waals surface area contributed by atoms with Gasteiger partial charge in [0.25, 0.3) is 5.92 Å². The molecule has 0 radical (unpaired) electrons.